The molecule has 106 valence electrons. The maximum Gasteiger partial charge on any atom is 0.294 e. The van der Waals surface area contributed by atoms with Crippen molar-refractivity contribution in [3.8, 4) is 0 Å². The van der Waals surface area contributed by atoms with Crippen LogP contribution in [0.4, 0.5) is 0 Å². The second kappa shape index (κ2) is 6.45. The summed E-state index contributed by atoms with van der Waals surface area (Å²) in [6.45, 7) is 5.06. The highest BCUT2D eigenvalue weighted by Gasteiger charge is 2.25. The van der Waals surface area contributed by atoms with Crippen LogP contribution in [0.25, 0.3) is 0 Å². The van der Waals surface area contributed by atoms with Crippen LogP contribution in [0.3, 0.4) is 0 Å². The van der Waals surface area contributed by atoms with Gasteiger partial charge in [0.25, 0.3) is 5.91 Å². The molecule has 2 rings (SSSR count). The highest BCUT2D eigenvalue weighted by molar-refractivity contribution is 7.11. The van der Waals surface area contributed by atoms with Crippen molar-refractivity contribution < 1.29 is 9.53 Å². The van der Waals surface area contributed by atoms with Crippen LogP contribution in [0, 0.1) is 11.8 Å². The summed E-state index contributed by atoms with van der Waals surface area (Å²) in [7, 11) is 0. The van der Waals surface area contributed by atoms with Gasteiger partial charge >= 0.3 is 0 Å². The number of hydrogen-bond acceptors (Lipinski definition) is 5. The summed E-state index contributed by atoms with van der Waals surface area (Å²) in [5.74, 6) is 6.22. The van der Waals surface area contributed by atoms with Crippen molar-refractivity contribution in [2.45, 2.75) is 45.8 Å². The van der Waals surface area contributed by atoms with Gasteiger partial charge in [0.1, 0.15) is 0 Å². The van der Waals surface area contributed by atoms with Crippen LogP contribution in [0.2, 0.25) is 0 Å². The van der Waals surface area contributed by atoms with Gasteiger partial charge in [-0.15, -0.1) is 11.3 Å². The van der Waals surface area contributed by atoms with Crippen LogP contribution in [0.1, 0.15) is 48.6 Å². The molecule has 19 heavy (non-hydrogen) atoms. The fourth-order valence-corrected chi connectivity index (χ4v) is 3.10. The van der Waals surface area contributed by atoms with E-state index in [2.05, 4.69) is 24.3 Å². The predicted octanol–water partition coefficient (Wildman–Crippen LogP) is 2.09. The van der Waals surface area contributed by atoms with E-state index >= 15 is 0 Å². The quantitative estimate of drug-likeness (QED) is 0.504. The van der Waals surface area contributed by atoms with Crippen molar-refractivity contribution in [3.05, 3.63) is 16.1 Å². The van der Waals surface area contributed by atoms with Crippen LogP contribution >= 0.6 is 11.3 Å². The van der Waals surface area contributed by atoms with E-state index in [-0.39, 0.29) is 5.91 Å². The third-order valence-corrected chi connectivity index (χ3v) is 4.78. The maximum atomic E-state index is 11.3. The summed E-state index contributed by atoms with van der Waals surface area (Å²) < 4.78 is 5.90. The molecule has 0 aromatic carbocycles. The lowest BCUT2D eigenvalue weighted by Gasteiger charge is -2.31. The average Bonchev–Trinajstić information content (AvgIpc) is 2.88. The molecule has 1 aliphatic rings. The van der Waals surface area contributed by atoms with Gasteiger partial charge in [0, 0.05) is 5.38 Å². The molecule has 3 unspecified atom stereocenters. The minimum Gasteiger partial charge on any atom is -0.372 e. The summed E-state index contributed by atoms with van der Waals surface area (Å²) >= 11 is 1.29. The Hall–Kier alpha value is -0.980. The van der Waals surface area contributed by atoms with E-state index in [1.807, 2.05) is 5.38 Å². The number of carbonyl (C=O) groups excluding carboxylic acids is 1. The van der Waals surface area contributed by atoms with E-state index in [0.29, 0.717) is 23.6 Å². The van der Waals surface area contributed by atoms with Gasteiger partial charge in [-0.3, -0.25) is 10.2 Å². The molecule has 1 aromatic rings. The summed E-state index contributed by atoms with van der Waals surface area (Å²) in [4.78, 5) is 15.5. The van der Waals surface area contributed by atoms with Crippen LogP contribution in [0.5, 0.6) is 0 Å². The van der Waals surface area contributed by atoms with Crippen LogP contribution in [-0.2, 0) is 11.3 Å². The lowest BCUT2D eigenvalue weighted by atomic mass is 9.80. The number of ether oxygens (including phenoxy) is 1. The summed E-state index contributed by atoms with van der Waals surface area (Å²) in [5.41, 5.74) is 2.88. The number of hydrazine groups is 1. The standard InChI is InChI=1S/C13H21N3O2S/c1-8-3-4-11(5-9(8)2)18-6-10-7-19-13(15-10)12(17)16-14/h7-9,11H,3-6,14H2,1-2H3,(H,16,17). The fourth-order valence-electron chi connectivity index (χ4n) is 2.39. The molecule has 0 aliphatic heterocycles. The molecule has 0 radical (unpaired) electrons. The molecule has 1 aromatic heterocycles. The number of nitrogen functional groups attached to an aromatic ring is 1. The van der Waals surface area contributed by atoms with Gasteiger partial charge in [-0.05, 0) is 31.1 Å². The molecular weight excluding hydrogens is 262 g/mol. The van der Waals surface area contributed by atoms with Crippen molar-refractivity contribution in [1.29, 1.82) is 0 Å². The minimum atomic E-state index is -0.351. The molecule has 1 amide bonds. The van der Waals surface area contributed by atoms with Crippen molar-refractivity contribution in [2.24, 2.45) is 17.7 Å². The molecule has 1 heterocycles. The number of nitrogens with two attached hydrogens (primary N) is 1. The number of nitrogens with one attached hydrogen (secondary N) is 1. The van der Waals surface area contributed by atoms with Gasteiger partial charge in [0.15, 0.2) is 5.01 Å². The first kappa shape index (κ1) is 14.4. The Morgan fingerprint density at radius 3 is 3.00 bits per heavy atom. The Bertz CT molecular complexity index is 435. The molecule has 3 atom stereocenters. The largest absolute Gasteiger partial charge is 0.372 e. The molecule has 1 saturated carbocycles. The zero-order valence-corrected chi connectivity index (χ0v) is 12.2. The predicted molar refractivity (Wildman–Crippen MR) is 74.5 cm³/mol. The third kappa shape index (κ3) is 3.75. The highest BCUT2D eigenvalue weighted by atomic mass is 32.1. The number of carbonyl (C=O) groups is 1. The van der Waals surface area contributed by atoms with E-state index < -0.39 is 0 Å². The molecule has 0 saturated heterocycles. The zero-order chi connectivity index (χ0) is 13.8. The van der Waals surface area contributed by atoms with Crippen molar-refractivity contribution in [1.82, 2.24) is 10.4 Å². The van der Waals surface area contributed by atoms with Crippen molar-refractivity contribution in [2.75, 3.05) is 0 Å². The number of thiazole rings is 1. The first-order valence-corrected chi connectivity index (χ1v) is 7.55. The lowest BCUT2D eigenvalue weighted by Crippen LogP contribution is -2.29. The second-order valence-electron chi connectivity index (χ2n) is 5.32. The topological polar surface area (TPSA) is 77.2 Å². The molecule has 1 fully saturated rings. The smallest absolute Gasteiger partial charge is 0.294 e. The van der Waals surface area contributed by atoms with Gasteiger partial charge in [-0.2, -0.15) is 0 Å². The molecule has 5 nitrogen and oxygen atoms in total. The van der Waals surface area contributed by atoms with E-state index in [0.717, 1.165) is 24.5 Å². The van der Waals surface area contributed by atoms with Crippen LogP contribution < -0.4 is 11.3 Å². The van der Waals surface area contributed by atoms with E-state index in [4.69, 9.17) is 10.6 Å². The normalized spacial score (nSPS) is 27.2. The maximum absolute atomic E-state index is 11.3. The van der Waals surface area contributed by atoms with E-state index in [1.54, 1.807) is 0 Å². The molecule has 6 heteroatoms. The molecule has 0 bridgehead atoms. The Kier molecular flexibility index (Phi) is 4.90. The number of amides is 1. The first-order valence-electron chi connectivity index (χ1n) is 6.67. The van der Waals surface area contributed by atoms with E-state index in [1.165, 1.54) is 17.8 Å². The van der Waals surface area contributed by atoms with Gasteiger partial charge in [-0.1, -0.05) is 13.8 Å². The summed E-state index contributed by atoms with van der Waals surface area (Å²) in [6, 6.07) is 0. The van der Waals surface area contributed by atoms with Crippen molar-refractivity contribution >= 4 is 17.2 Å². The Morgan fingerprint density at radius 2 is 2.32 bits per heavy atom. The second-order valence-corrected chi connectivity index (χ2v) is 6.18. The zero-order valence-electron chi connectivity index (χ0n) is 11.4. The number of nitrogens with zero attached hydrogens (tertiary/aromatic N) is 1. The van der Waals surface area contributed by atoms with Crippen molar-refractivity contribution in [3.63, 3.8) is 0 Å². The lowest BCUT2D eigenvalue weighted by molar-refractivity contribution is -0.00860. The molecule has 3 N–H and O–H groups in total. The highest BCUT2D eigenvalue weighted by Crippen LogP contribution is 2.31. The monoisotopic (exact) mass is 283 g/mol. The van der Waals surface area contributed by atoms with Crippen LogP contribution in [0.15, 0.2) is 5.38 Å². The summed E-state index contributed by atoms with van der Waals surface area (Å²) in [5, 5.41) is 2.23. The third-order valence-electron chi connectivity index (χ3n) is 3.89. The van der Waals surface area contributed by atoms with Gasteiger partial charge in [0.05, 0.1) is 18.4 Å². The minimum absolute atomic E-state index is 0.319. The van der Waals surface area contributed by atoms with Gasteiger partial charge in [-0.25, -0.2) is 10.8 Å². The average molecular weight is 283 g/mol. The Labute approximate surface area is 117 Å². The number of hydrogen-bond donors (Lipinski definition) is 2. The Balaban J connectivity index is 1.82. The Morgan fingerprint density at radius 1 is 1.53 bits per heavy atom. The number of aromatic nitrogens is 1. The number of rotatable bonds is 4. The molecule has 0 spiro atoms. The van der Waals surface area contributed by atoms with Gasteiger partial charge < -0.3 is 4.74 Å². The molecular formula is C13H21N3O2S. The first-order chi connectivity index (χ1) is 9.10. The van der Waals surface area contributed by atoms with Gasteiger partial charge in [0.2, 0.25) is 0 Å². The summed E-state index contributed by atoms with van der Waals surface area (Å²) in [6.07, 6.45) is 3.77. The fraction of sp³-hybridized carbons (Fsp3) is 0.692. The van der Waals surface area contributed by atoms with Crippen LogP contribution in [-0.4, -0.2) is 17.0 Å². The SMILES string of the molecule is CC1CCC(OCc2csc(C(=O)NN)n2)CC1C. The van der Waals surface area contributed by atoms with E-state index in [9.17, 15) is 4.79 Å². The molecule has 1 aliphatic carbocycles.